The van der Waals surface area contributed by atoms with Gasteiger partial charge in [0.2, 0.25) is 0 Å². The molecule has 0 saturated carbocycles. The van der Waals surface area contributed by atoms with Gasteiger partial charge in [-0.25, -0.2) is 0 Å². The maximum Gasteiger partial charge on any atom is 0.191 e. The Kier molecular flexibility index (Phi) is 13.0. The standard InChI is InChI=1S/C35H48O7Si/c1-34(2,3)43(6,7)42-22-21-33(40-24-30-15-19-32(38-5)20-16-30)35(26-36,41-25-28-11-9-8-10-12-28)27-39-23-29-13-17-31(37-4)18-14-29/h8-20,26,33H,21-25,27H2,1-7H3/t33-,35+/m1/s1. The molecule has 0 aromatic heterocycles. The first-order valence-electron chi connectivity index (χ1n) is 14.8. The molecule has 0 amide bonds. The van der Waals surface area contributed by atoms with Crippen molar-refractivity contribution in [2.24, 2.45) is 0 Å². The minimum Gasteiger partial charge on any atom is -0.497 e. The zero-order valence-electron chi connectivity index (χ0n) is 26.8. The van der Waals surface area contributed by atoms with E-state index in [0.717, 1.165) is 34.5 Å². The number of hydrogen-bond donors (Lipinski definition) is 0. The summed E-state index contributed by atoms with van der Waals surface area (Å²) in [5, 5.41) is 0.0550. The SMILES string of the molecule is COc1ccc(COC[C@](C=O)(OCc2ccccc2)[C@@H](CCO[Si](C)(C)C(C)(C)C)OCc2ccc(OC)cc2)cc1. The summed E-state index contributed by atoms with van der Waals surface area (Å²) in [6.45, 7) is 12.4. The zero-order chi connectivity index (χ0) is 31.3. The number of carbonyl (C=O) groups is 1. The van der Waals surface area contributed by atoms with Gasteiger partial charge in [0.15, 0.2) is 20.2 Å². The predicted octanol–water partition coefficient (Wildman–Crippen LogP) is 7.37. The molecule has 0 spiro atoms. The molecule has 0 aliphatic carbocycles. The van der Waals surface area contributed by atoms with Crippen LogP contribution in [0.25, 0.3) is 0 Å². The average Bonchev–Trinajstić information content (AvgIpc) is 3.01. The first kappa shape index (κ1) is 34.5. The van der Waals surface area contributed by atoms with Gasteiger partial charge < -0.3 is 28.1 Å². The molecule has 0 bridgehead atoms. The van der Waals surface area contributed by atoms with Gasteiger partial charge >= 0.3 is 0 Å². The van der Waals surface area contributed by atoms with Gasteiger partial charge in [-0.3, -0.25) is 4.79 Å². The molecule has 0 saturated heterocycles. The van der Waals surface area contributed by atoms with E-state index >= 15 is 0 Å². The van der Waals surface area contributed by atoms with Crippen LogP contribution >= 0.6 is 0 Å². The van der Waals surface area contributed by atoms with Gasteiger partial charge in [-0.05, 0) is 65.5 Å². The highest BCUT2D eigenvalue weighted by Crippen LogP contribution is 2.37. The highest BCUT2D eigenvalue weighted by atomic mass is 28.4. The van der Waals surface area contributed by atoms with Gasteiger partial charge in [0, 0.05) is 6.61 Å². The number of methoxy groups -OCH3 is 2. The largest absolute Gasteiger partial charge is 0.497 e. The molecule has 0 unspecified atom stereocenters. The van der Waals surface area contributed by atoms with Crippen LogP contribution in [0.2, 0.25) is 18.1 Å². The van der Waals surface area contributed by atoms with Crippen LogP contribution in [0, 0.1) is 0 Å². The molecule has 2 atom stereocenters. The van der Waals surface area contributed by atoms with Gasteiger partial charge in [0.1, 0.15) is 11.5 Å². The number of aldehydes is 1. The van der Waals surface area contributed by atoms with E-state index in [1.807, 2.05) is 78.9 Å². The normalized spacial score (nSPS) is 14.1. The van der Waals surface area contributed by atoms with Crippen molar-refractivity contribution in [1.82, 2.24) is 0 Å². The second-order valence-corrected chi connectivity index (χ2v) is 17.0. The fourth-order valence-electron chi connectivity index (χ4n) is 4.24. The summed E-state index contributed by atoms with van der Waals surface area (Å²) in [5.74, 6) is 1.54. The van der Waals surface area contributed by atoms with E-state index < -0.39 is 20.0 Å². The number of rotatable bonds is 18. The van der Waals surface area contributed by atoms with E-state index in [2.05, 4.69) is 33.9 Å². The quantitative estimate of drug-likeness (QED) is 0.110. The topological polar surface area (TPSA) is 72.5 Å². The second-order valence-electron chi connectivity index (χ2n) is 12.2. The van der Waals surface area contributed by atoms with Crippen LogP contribution in [0.3, 0.4) is 0 Å². The summed E-state index contributed by atoms with van der Waals surface area (Å²) in [5.41, 5.74) is 1.50. The minimum absolute atomic E-state index is 0.0166. The van der Waals surface area contributed by atoms with Crippen molar-refractivity contribution >= 4 is 14.6 Å². The molecule has 0 heterocycles. The van der Waals surface area contributed by atoms with Crippen LogP contribution in [-0.4, -0.2) is 53.7 Å². The fourth-order valence-corrected chi connectivity index (χ4v) is 5.30. The maximum atomic E-state index is 13.1. The molecule has 0 radical (unpaired) electrons. The van der Waals surface area contributed by atoms with Gasteiger partial charge in [0.05, 0.1) is 46.8 Å². The van der Waals surface area contributed by atoms with E-state index in [1.165, 1.54) is 0 Å². The Balaban J connectivity index is 1.86. The van der Waals surface area contributed by atoms with Crippen molar-refractivity contribution in [2.45, 2.75) is 76.8 Å². The van der Waals surface area contributed by atoms with Crippen LogP contribution in [0.1, 0.15) is 43.9 Å². The highest BCUT2D eigenvalue weighted by molar-refractivity contribution is 6.74. The number of carbonyl (C=O) groups excluding carboxylic acids is 1. The highest BCUT2D eigenvalue weighted by Gasteiger charge is 2.43. The van der Waals surface area contributed by atoms with Crippen molar-refractivity contribution < 1.29 is 32.9 Å². The summed E-state index contributed by atoms with van der Waals surface area (Å²) in [6.07, 6.45) is 0.674. The van der Waals surface area contributed by atoms with Crippen LogP contribution < -0.4 is 9.47 Å². The zero-order valence-corrected chi connectivity index (χ0v) is 27.8. The molecule has 234 valence electrons. The van der Waals surface area contributed by atoms with Crippen molar-refractivity contribution in [2.75, 3.05) is 27.4 Å². The lowest BCUT2D eigenvalue weighted by Crippen LogP contribution is -2.52. The lowest BCUT2D eigenvalue weighted by atomic mass is 9.95. The molecule has 0 aliphatic rings. The molecular weight excluding hydrogens is 560 g/mol. The van der Waals surface area contributed by atoms with Crippen molar-refractivity contribution in [3.63, 3.8) is 0 Å². The van der Waals surface area contributed by atoms with E-state index in [4.69, 9.17) is 28.1 Å². The Morgan fingerprint density at radius 1 is 0.744 bits per heavy atom. The molecule has 8 heteroatoms. The molecule has 7 nitrogen and oxygen atoms in total. The molecule has 3 aromatic rings. The average molecular weight is 609 g/mol. The van der Waals surface area contributed by atoms with Crippen molar-refractivity contribution in [3.8, 4) is 11.5 Å². The Hall–Kier alpha value is -3.01. The van der Waals surface area contributed by atoms with Gasteiger partial charge in [-0.15, -0.1) is 0 Å². The van der Waals surface area contributed by atoms with Crippen LogP contribution in [-0.2, 0) is 43.3 Å². The van der Waals surface area contributed by atoms with E-state index in [0.29, 0.717) is 19.6 Å². The monoisotopic (exact) mass is 608 g/mol. The summed E-state index contributed by atoms with van der Waals surface area (Å²) < 4.78 is 36.3. The molecule has 0 N–H and O–H groups in total. The molecule has 0 fully saturated rings. The third kappa shape index (κ3) is 10.3. The molecule has 3 aromatic carbocycles. The minimum atomic E-state index is -2.03. The van der Waals surface area contributed by atoms with E-state index in [9.17, 15) is 4.79 Å². The number of benzene rings is 3. The fraction of sp³-hybridized carbons (Fsp3) is 0.457. The van der Waals surface area contributed by atoms with Gasteiger partial charge in [0.25, 0.3) is 0 Å². The third-order valence-electron chi connectivity index (χ3n) is 8.11. The maximum absolute atomic E-state index is 13.1. The van der Waals surface area contributed by atoms with E-state index in [-0.39, 0.29) is 24.9 Å². The number of ether oxygens (including phenoxy) is 5. The first-order chi connectivity index (χ1) is 20.5. The third-order valence-corrected chi connectivity index (χ3v) is 12.6. The van der Waals surface area contributed by atoms with Gasteiger partial charge in [-0.1, -0.05) is 75.4 Å². The summed E-state index contributed by atoms with van der Waals surface area (Å²) in [7, 11) is 1.24. The van der Waals surface area contributed by atoms with E-state index in [1.54, 1.807) is 14.2 Å². The first-order valence-corrected chi connectivity index (χ1v) is 17.7. The Labute approximate surface area is 258 Å². The van der Waals surface area contributed by atoms with Crippen LogP contribution in [0.4, 0.5) is 0 Å². The summed E-state index contributed by atoms with van der Waals surface area (Å²) in [4.78, 5) is 13.1. The summed E-state index contributed by atoms with van der Waals surface area (Å²) in [6, 6.07) is 25.2. The Bertz CT molecular complexity index is 1220. The number of hydrogen-bond acceptors (Lipinski definition) is 7. The molecular formula is C35H48O7Si. The lowest BCUT2D eigenvalue weighted by molar-refractivity contribution is -0.186. The summed E-state index contributed by atoms with van der Waals surface area (Å²) >= 11 is 0. The molecule has 3 rings (SSSR count). The van der Waals surface area contributed by atoms with Gasteiger partial charge in [-0.2, -0.15) is 0 Å². The predicted molar refractivity (Wildman–Crippen MR) is 172 cm³/mol. The molecule has 43 heavy (non-hydrogen) atoms. The van der Waals surface area contributed by atoms with Crippen LogP contribution in [0.15, 0.2) is 78.9 Å². The Morgan fingerprint density at radius 2 is 1.28 bits per heavy atom. The smallest absolute Gasteiger partial charge is 0.191 e. The van der Waals surface area contributed by atoms with Crippen molar-refractivity contribution in [3.05, 3.63) is 95.6 Å². The second kappa shape index (κ2) is 16.2. The van der Waals surface area contributed by atoms with Crippen LogP contribution in [0.5, 0.6) is 11.5 Å². The Morgan fingerprint density at radius 3 is 1.79 bits per heavy atom. The van der Waals surface area contributed by atoms with Crippen molar-refractivity contribution in [1.29, 1.82) is 0 Å². The lowest BCUT2D eigenvalue weighted by Gasteiger charge is -2.39. The molecule has 0 aliphatic heterocycles.